The first kappa shape index (κ1) is 22.7. The number of aryl methyl sites for hydroxylation is 1. The Morgan fingerprint density at radius 1 is 1.19 bits per heavy atom. The molecule has 1 aliphatic heterocycles. The van der Waals surface area contributed by atoms with Gasteiger partial charge in [-0.2, -0.15) is 0 Å². The van der Waals surface area contributed by atoms with Crippen LogP contribution in [0.5, 0.6) is 0 Å². The van der Waals surface area contributed by atoms with Crippen LogP contribution in [0.2, 0.25) is 5.02 Å². The van der Waals surface area contributed by atoms with Crippen LogP contribution in [0.15, 0.2) is 18.2 Å². The van der Waals surface area contributed by atoms with E-state index in [9.17, 15) is 19.2 Å². The summed E-state index contributed by atoms with van der Waals surface area (Å²) >= 11 is 13.2. The molecule has 166 valence electrons. The Bertz CT molecular complexity index is 941. The Kier molecular flexibility index (Phi) is 6.22. The third-order valence-corrected chi connectivity index (χ3v) is 10.0. The summed E-state index contributed by atoms with van der Waals surface area (Å²) in [5, 5.41) is 3.10. The Morgan fingerprint density at radius 2 is 1.77 bits per heavy atom. The summed E-state index contributed by atoms with van der Waals surface area (Å²) in [5.74, 6) is -2.65. The Hall–Kier alpha value is -1.45. The number of carbonyl (C=O) groups is 4. The number of benzene rings is 1. The maximum absolute atomic E-state index is 13.0. The van der Waals surface area contributed by atoms with Gasteiger partial charge >= 0.3 is 5.97 Å². The number of alkyl halides is 2. The van der Waals surface area contributed by atoms with Crippen LogP contribution in [-0.4, -0.2) is 50.9 Å². The van der Waals surface area contributed by atoms with Crippen LogP contribution >= 0.6 is 43.5 Å². The molecule has 3 aliphatic rings. The number of amides is 3. The molecule has 31 heavy (non-hydrogen) atoms. The molecule has 10 heteroatoms. The van der Waals surface area contributed by atoms with Gasteiger partial charge in [-0.15, -0.1) is 0 Å². The fourth-order valence-electron chi connectivity index (χ4n) is 5.03. The van der Waals surface area contributed by atoms with Crippen LogP contribution in [0.3, 0.4) is 0 Å². The number of esters is 1. The molecule has 1 aromatic rings. The normalized spacial score (nSPS) is 32.2. The number of carbonyl (C=O) groups excluding carboxylic acids is 4. The number of hydrogen-bond acceptors (Lipinski definition) is 5. The molecule has 0 radical (unpaired) electrons. The zero-order chi connectivity index (χ0) is 22.6. The lowest BCUT2D eigenvalue weighted by atomic mass is 9.81. The van der Waals surface area contributed by atoms with Gasteiger partial charge in [-0.1, -0.05) is 49.5 Å². The monoisotopic (exact) mass is 574 g/mol. The number of imide groups is 1. The maximum Gasteiger partial charge on any atom is 0.329 e. The van der Waals surface area contributed by atoms with Crippen molar-refractivity contribution in [3.05, 3.63) is 28.8 Å². The van der Waals surface area contributed by atoms with Gasteiger partial charge in [0.15, 0.2) is 6.61 Å². The molecule has 1 N–H and O–H groups in total. The fraction of sp³-hybridized carbons (Fsp3) is 0.524. The highest BCUT2D eigenvalue weighted by atomic mass is 79.9. The molecule has 2 aliphatic carbocycles. The van der Waals surface area contributed by atoms with Crippen molar-refractivity contribution < 1.29 is 23.9 Å². The van der Waals surface area contributed by atoms with Gasteiger partial charge in [-0.3, -0.25) is 19.3 Å². The van der Waals surface area contributed by atoms with E-state index in [1.54, 1.807) is 18.2 Å². The van der Waals surface area contributed by atoms with E-state index in [1.165, 1.54) is 6.92 Å². The molecule has 0 spiro atoms. The summed E-state index contributed by atoms with van der Waals surface area (Å²) < 4.78 is 5.10. The number of halogens is 3. The zero-order valence-electron chi connectivity index (χ0n) is 16.8. The minimum Gasteiger partial charge on any atom is -0.454 e. The second-order valence-electron chi connectivity index (χ2n) is 8.34. The first-order chi connectivity index (χ1) is 14.6. The van der Waals surface area contributed by atoms with Gasteiger partial charge < -0.3 is 10.1 Å². The Morgan fingerprint density at radius 3 is 2.35 bits per heavy atom. The lowest BCUT2D eigenvalue weighted by Gasteiger charge is -2.28. The van der Waals surface area contributed by atoms with Crippen LogP contribution in [0.1, 0.15) is 18.9 Å². The molecule has 1 aromatic carbocycles. The van der Waals surface area contributed by atoms with Crippen molar-refractivity contribution in [1.29, 1.82) is 0 Å². The van der Waals surface area contributed by atoms with E-state index in [1.807, 2.05) is 6.92 Å². The minimum atomic E-state index is -1.09. The molecule has 0 aromatic heterocycles. The molecule has 4 rings (SSSR count). The van der Waals surface area contributed by atoms with Crippen molar-refractivity contribution in [3.8, 4) is 0 Å². The van der Waals surface area contributed by atoms with E-state index in [2.05, 4.69) is 37.2 Å². The summed E-state index contributed by atoms with van der Waals surface area (Å²) in [7, 11) is 0. The lowest BCUT2D eigenvalue weighted by Crippen LogP contribution is -2.45. The number of rotatable bonds is 5. The molecule has 3 fully saturated rings. The fourth-order valence-corrected chi connectivity index (χ4v) is 7.08. The number of anilines is 1. The van der Waals surface area contributed by atoms with E-state index >= 15 is 0 Å². The van der Waals surface area contributed by atoms with Gasteiger partial charge in [-0.05, 0) is 49.8 Å². The summed E-state index contributed by atoms with van der Waals surface area (Å²) in [4.78, 5) is 52.0. The maximum atomic E-state index is 13.0. The van der Waals surface area contributed by atoms with Crippen LogP contribution in [0, 0.1) is 30.6 Å². The minimum absolute atomic E-state index is 0.0655. The summed E-state index contributed by atoms with van der Waals surface area (Å²) in [5.41, 5.74) is 1.32. The molecule has 7 nitrogen and oxygen atoms in total. The first-order valence-corrected chi connectivity index (χ1v) is 12.2. The van der Waals surface area contributed by atoms with Crippen LogP contribution in [-0.2, 0) is 23.9 Å². The van der Waals surface area contributed by atoms with Gasteiger partial charge in [0.25, 0.3) is 5.91 Å². The van der Waals surface area contributed by atoms with E-state index in [0.717, 1.165) is 16.9 Å². The highest BCUT2D eigenvalue weighted by Gasteiger charge is 2.67. The van der Waals surface area contributed by atoms with Crippen molar-refractivity contribution in [3.63, 3.8) is 0 Å². The predicted octanol–water partition coefficient (Wildman–Crippen LogP) is 3.30. The van der Waals surface area contributed by atoms with Crippen molar-refractivity contribution in [2.24, 2.45) is 23.7 Å². The Labute approximate surface area is 201 Å². The average molecular weight is 577 g/mol. The molecular formula is C21H21Br2ClN2O5. The van der Waals surface area contributed by atoms with E-state index < -0.39 is 36.4 Å². The van der Waals surface area contributed by atoms with Crippen LogP contribution in [0.25, 0.3) is 0 Å². The number of nitrogens with zero attached hydrogens (tertiary/aromatic N) is 1. The molecule has 1 saturated heterocycles. The van der Waals surface area contributed by atoms with Gasteiger partial charge in [-0.25, -0.2) is 4.79 Å². The van der Waals surface area contributed by atoms with Crippen LogP contribution < -0.4 is 5.32 Å². The van der Waals surface area contributed by atoms with E-state index in [-0.39, 0.29) is 33.3 Å². The summed E-state index contributed by atoms with van der Waals surface area (Å²) in [6, 6.07) is 3.97. The SMILES string of the molecule is Cc1ccc(Cl)cc1NC(=O)COC(=O)[C@H](C)N1C(=O)[C@@H]2[C@H]3C[C@@H]([C@H](Br)[C@@H]3Br)[C@@H]2C1=O. The second-order valence-corrected chi connectivity index (χ2v) is 10.9. The molecule has 0 unspecified atom stereocenters. The Balaban J connectivity index is 1.37. The van der Waals surface area contributed by atoms with Gasteiger partial charge in [0.1, 0.15) is 6.04 Å². The number of nitrogens with one attached hydrogen (secondary N) is 1. The van der Waals surface area contributed by atoms with E-state index in [4.69, 9.17) is 16.3 Å². The van der Waals surface area contributed by atoms with Gasteiger partial charge in [0.05, 0.1) is 11.8 Å². The molecule has 3 amide bonds. The standard InChI is InChI=1S/C21H21Br2ClN2O5/c1-8-3-4-10(24)5-13(8)25-14(27)7-31-21(30)9(2)26-19(28)15-11-6-12(16(15)20(26)29)18(23)17(11)22/h3-5,9,11-12,15-18H,6-7H2,1-2H3,(H,25,27)/t9-,11+,12+,15-,16+,17-,18+/m0/s1. The van der Waals surface area contributed by atoms with Gasteiger partial charge in [0.2, 0.25) is 11.8 Å². The lowest BCUT2D eigenvalue weighted by molar-refractivity contribution is -0.159. The smallest absolute Gasteiger partial charge is 0.329 e. The molecule has 7 atom stereocenters. The molecule has 2 saturated carbocycles. The number of likely N-dealkylation sites (tertiary alicyclic amines) is 1. The topological polar surface area (TPSA) is 92.8 Å². The molecular weight excluding hydrogens is 556 g/mol. The van der Waals surface area contributed by atoms with E-state index in [0.29, 0.717) is 10.7 Å². The van der Waals surface area contributed by atoms with Crippen molar-refractivity contribution in [2.75, 3.05) is 11.9 Å². The molecule has 2 bridgehead atoms. The molecule has 1 heterocycles. The highest BCUT2D eigenvalue weighted by molar-refractivity contribution is 9.12. The highest BCUT2D eigenvalue weighted by Crippen LogP contribution is 2.60. The second kappa shape index (κ2) is 8.48. The van der Waals surface area contributed by atoms with Crippen molar-refractivity contribution in [1.82, 2.24) is 4.90 Å². The predicted molar refractivity (Wildman–Crippen MR) is 121 cm³/mol. The van der Waals surface area contributed by atoms with Gasteiger partial charge in [0, 0.05) is 20.4 Å². The first-order valence-electron chi connectivity index (χ1n) is 9.99. The zero-order valence-corrected chi connectivity index (χ0v) is 20.7. The average Bonchev–Trinajstić information content (AvgIpc) is 3.33. The van der Waals surface area contributed by atoms with Crippen molar-refractivity contribution in [2.45, 2.75) is 36.0 Å². The third-order valence-electron chi connectivity index (χ3n) is 6.57. The largest absolute Gasteiger partial charge is 0.454 e. The quantitative estimate of drug-likeness (QED) is 0.330. The summed E-state index contributed by atoms with van der Waals surface area (Å²) in [6.45, 7) is 2.73. The summed E-state index contributed by atoms with van der Waals surface area (Å²) in [6.07, 6.45) is 0.814. The number of fused-ring (bicyclic) bond motifs is 5. The third kappa shape index (κ3) is 3.82. The van der Waals surface area contributed by atoms with Crippen LogP contribution in [0.4, 0.5) is 5.69 Å². The number of ether oxygens (including phenoxy) is 1. The van der Waals surface area contributed by atoms with Crippen molar-refractivity contribution >= 4 is 72.8 Å². The number of hydrogen-bond donors (Lipinski definition) is 1.